The summed E-state index contributed by atoms with van der Waals surface area (Å²) in [5, 5.41) is 7.33. The molecule has 1 amide bonds. The van der Waals surface area contributed by atoms with E-state index in [1.807, 2.05) is 45.9 Å². The number of aryl methyl sites for hydroxylation is 2. The lowest BCUT2D eigenvalue weighted by Gasteiger charge is -2.22. The molecule has 9 heteroatoms. The van der Waals surface area contributed by atoms with Crippen LogP contribution < -0.4 is 5.32 Å². The van der Waals surface area contributed by atoms with Gasteiger partial charge < -0.3 is 9.88 Å². The molecule has 166 valence electrons. The molecule has 0 aliphatic rings. The highest BCUT2D eigenvalue weighted by atomic mass is 19.2. The van der Waals surface area contributed by atoms with Gasteiger partial charge in [0, 0.05) is 30.6 Å². The number of benzene rings is 1. The molecular formula is C23H24F2N6O. The average molecular weight is 438 g/mol. The summed E-state index contributed by atoms with van der Waals surface area (Å²) in [6, 6.07) is 7.18. The molecule has 4 aromatic rings. The minimum atomic E-state index is -0.976. The lowest BCUT2D eigenvalue weighted by Crippen LogP contribution is -2.35. The van der Waals surface area contributed by atoms with E-state index in [0.29, 0.717) is 16.9 Å². The summed E-state index contributed by atoms with van der Waals surface area (Å²) in [7, 11) is 0. The van der Waals surface area contributed by atoms with Gasteiger partial charge >= 0.3 is 0 Å². The number of aromatic nitrogens is 5. The third kappa shape index (κ3) is 4.10. The Morgan fingerprint density at radius 3 is 2.47 bits per heavy atom. The van der Waals surface area contributed by atoms with Gasteiger partial charge in [0.2, 0.25) is 5.91 Å². The van der Waals surface area contributed by atoms with Crippen molar-refractivity contribution in [1.29, 1.82) is 0 Å². The molecule has 7 nitrogen and oxygen atoms in total. The predicted molar refractivity (Wildman–Crippen MR) is 116 cm³/mol. The van der Waals surface area contributed by atoms with Crippen LogP contribution in [-0.2, 0) is 11.3 Å². The number of hydrogen-bond donors (Lipinski definition) is 1. The maximum Gasteiger partial charge on any atom is 0.243 e. The average Bonchev–Trinajstić information content (AvgIpc) is 3.29. The first kappa shape index (κ1) is 21.6. The van der Waals surface area contributed by atoms with Gasteiger partial charge in [-0.3, -0.25) is 4.79 Å². The second kappa shape index (κ2) is 8.49. The van der Waals surface area contributed by atoms with Crippen LogP contribution in [0.15, 0.2) is 42.9 Å². The molecule has 0 bridgehead atoms. The van der Waals surface area contributed by atoms with Gasteiger partial charge in [0.15, 0.2) is 17.5 Å². The van der Waals surface area contributed by atoms with Gasteiger partial charge in [0.05, 0.1) is 23.1 Å². The van der Waals surface area contributed by atoms with Gasteiger partial charge in [0.1, 0.15) is 6.04 Å². The number of imidazole rings is 1. The quantitative estimate of drug-likeness (QED) is 0.493. The Labute approximate surface area is 184 Å². The standard InChI is InChI=1S/C23H24F2N6O/c1-13(2)22(30-12-28-19-8-17(24)18(25)9-20(19)30)23(32)27-11-16-5-6-21(26-10-16)31-15(4)7-14(3)29-31/h5-10,12-13,22H,11H2,1-4H3,(H,27,32). The zero-order valence-electron chi connectivity index (χ0n) is 18.3. The molecule has 3 heterocycles. The van der Waals surface area contributed by atoms with Crippen molar-refractivity contribution in [2.75, 3.05) is 0 Å². The summed E-state index contributed by atoms with van der Waals surface area (Å²) >= 11 is 0. The zero-order chi connectivity index (χ0) is 23.0. The lowest BCUT2D eigenvalue weighted by atomic mass is 10.0. The molecule has 1 aromatic carbocycles. The van der Waals surface area contributed by atoms with E-state index in [0.717, 1.165) is 29.1 Å². The van der Waals surface area contributed by atoms with E-state index in [1.54, 1.807) is 15.4 Å². The Hall–Kier alpha value is -3.62. The monoisotopic (exact) mass is 438 g/mol. The number of rotatable bonds is 6. The highest BCUT2D eigenvalue weighted by Crippen LogP contribution is 2.25. The van der Waals surface area contributed by atoms with E-state index in [4.69, 9.17) is 0 Å². The SMILES string of the molecule is Cc1cc(C)n(-c2ccc(CNC(=O)C(C(C)C)n3cnc4cc(F)c(F)cc43)cn2)n1. The Morgan fingerprint density at radius 1 is 1.09 bits per heavy atom. The molecule has 1 unspecified atom stereocenters. The molecule has 3 aromatic heterocycles. The van der Waals surface area contributed by atoms with Gasteiger partial charge in [-0.15, -0.1) is 0 Å². The molecule has 0 fully saturated rings. The van der Waals surface area contributed by atoms with Crippen molar-refractivity contribution in [2.45, 2.75) is 40.3 Å². The van der Waals surface area contributed by atoms with Crippen LogP contribution in [0.3, 0.4) is 0 Å². The van der Waals surface area contributed by atoms with Gasteiger partial charge in [0.25, 0.3) is 0 Å². The summed E-state index contributed by atoms with van der Waals surface area (Å²) in [6.07, 6.45) is 3.14. The molecule has 0 saturated carbocycles. The maximum atomic E-state index is 13.8. The molecule has 4 rings (SSSR count). The highest BCUT2D eigenvalue weighted by molar-refractivity contribution is 5.84. The molecule has 1 atom stereocenters. The molecule has 0 aliphatic carbocycles. The Balaban J connectivity index is 1.51. The zero-order valence-corrected chi connectivity index (χ0v) is 18.3. The highest BCUT2D eigenvalue weighted by Gasteiger charge is 2.26. The van der Waals surface area contributed by atoms with E-state index in [-0.39, 0.29) is 18.4 Å². The van der Waals surface area contributed by atoms with Crippen LogP contribution in [0.2, 0.25) is 0 Å². The van der Waals surface area contributed by atoms with Gasteiger partial charge in [-0.05, 0) is 37.5 Å². The molecule has 0 saturated heterocycles. The van der Waals surface area contributed by atoms with Crippen molar-refractivity contribution in [3.05, 3.63) is 71.4 Å². The molecule has 32 heavy (non-hydrogen) atoms. The first-order valence-electron chi connectivity index (χ1n) is 10.3. The molecule has 1 N–H and O–H groups in total. The second-order valence-electron chi connectivity index (χ2n) is 8.18. The third-order valence-electron chi connectivity index (χ3n) is 5.32. The topological polar surface area (TPSA) is 77.6 Å². The number of nitrogens with one attached hydrogen (secondary N) is 1. The van der Waals surface area contributed by atoms with Crippen LogP contribution in [0.1, 0.15) is 36.8 Å². The second-order valence-corrected chi connectivity index (χ2v) is 8.18. The summed E-state index contributed by atoms with van der Waals surface area (Å²) in [5.41, 5.74) is 3.39. The summed E-state index contributed by atoms with van der Waals surface area (Å²) in [6.45, 7) is 7.94. The van der Waals surface area contributed by atoms with Crippen LogP contribution >= 0.6 is 0 Å². The fourth-order valence-electron chi connectivity index (χ4n) is 3.80. The predicted octanol–water partition coefficient (Wildman–Crippen LogP) is 4.03. The summed E-state index contributed by atoms with van der Waals surface area (Å²) < 4.78 is 30.7. The van der Waals surface area contributed by atoms with Crippen LogP contribution in [0.25, 0.3) is 16.9 Å². The molecular weight excluding hydrogens is 414 g/mol. The van der Waals surface area contributed by atoms with Crippen molar-refractivity contribution in [1.82, 2.24) is 29.6 Å². The van der Waals surface area contributed by atoms with E-state index < -0.39 is 17.7 Å². The number of pyridine rings is 1. The number of halogens is 2. The molecule has 0 spiro atoms. The Kier molecular flexibility index (Phi) is 5.73. The third-order valence-corrected chi connectivity index (χ3v) is 5.32. The summed E-state index contributed by atoms with van der Waals surface area (Å²) in [5.74, 6) is -1.59. The first-order valence-corrected chi connectivity index (χ1v) is 10.3. The van der Waals surface area contributed by atoms with Crippen molar-refractivity contribution >= 4 is 16.9 Å². The number of fused-ring (bicyclic) bond motifs is 1. The Bertz CT molecular complexity index is 1280. The van der Waals surface area contributed by atoms with Crippen LogP contribution in [0, 0.1) is 31.4 Å². The minimum Gasteiger partial charge on any atom is -0.350 e. The smallest absolute Gasteiger partial charge is 0.243 e. The number of hydrogen-bond acceptors (Lipinski definition) is 4. The fraction of sp³-hybridized carbons (Fsp3) is 0.304. The van der Waals surface area contributed by atoms with Crippen molar-refractivity contribution in [3.8, 4) is 5.82 Å². The number of carbonyl (C=O) groups excluding carboxylic acids is 1. The van der Waals surface area contributed by atoms with E-state index in [9.17, 15) is 13.6 Å². The van der Waals surface area contributed by atoms with Crippen molar-refractivity contribution in [2.24, 2.45) is 5.92 Å². The Morgan fingerprint density at radius 2 is 1.84 bits per heavy atom. The molecule has 0 aliphatic heterocycles. The van der Waals surface area contributed by atoms with E-state index >= 15 is 0 Å². The van der Waals surface area contributed by atoms with Crippen LogP contribution in [-0.4, -0.2) is 30.2 Å². The minimum absolute atomic E-state index is 0.105. The lowest BCUT2D eigenvalue weighted by molar-refractivity contribution is -0.125. The number of carbonyl (C=O) groups is 1. The van der Waals surface area contributed by atoms with E-state index in [1.165, 1.54) is 6.33 Å². The van der Waals surface area contributed by atoms with Gasteiger partial charge in [-0.2, -0.15) is 5.10 Å². The van der Waals surface area contributed by atoms with Gasteiger partial charge in [-0.25, -0.2) is 23.4 Å². The van der Waals surface area contributed by atoms with Crippen molar-refractivity contribution < 1.29 is 13.6 Å². The number of amides is 1. The number of nitrogens with zero attached hydrogens (tertiary/aromatic N) is 5. The fourth-order valence-corrected chi connectivity index (χ4v) is 3.80. The van der Waals surface area contributed by atoms with Crippen LogP contribution in [0.4, 0.5) is 8.78 Å². The van der Waals surface area contributed by atoms with Crippen molar-refractivity contribution in [3.63, 3.8) is 0 Å². The maximum absolute atomic E-state index is 13.8. The first-order chi connectivity index (χ1) is 15.2. The van der Waals surface area contributed by atoms with E-state index in [2.05, 4.69) is 20.4 Å². The summed E-state index contributed by atoms with van der Waals surface area (Å²) in [4.78, 5) is 21.6. The molecule has 0 radical (unpaired) electrons. The largest absolute Gasteiger partial charge is 0.350 e. The van der Waals surface area contributed by atoms with Crippen LogP contribution in [0.5, 0.6) is 0 Å². The van der Waals surface area contributed by atoms with Gasteiger partial charge in [-0.1, -0.05) is 19.9 Å². The normalized spacial score (nSPS) is 12.5.